The van der Waals surface area contributed by atoms with Gasteiger partial charge >= 0.3 is 0 Å². The van der Waals surface area contributed by atoms with Gasteiger partial charge in [-0.25, -0.2) is 4.98 Å². The summed E-state index contributed by atoms with van der Waals surface area (Å²) in [5, 5.41) is 16.5. The van der Waals surface area contributed by atoms with Gasteiger partial charge in [0.1, 0.15) is 0 Å². The Hall–Kier alpha value is -0.450. The van der Waals surface area contributed by atoms with Gasteiger partial charge in [0.2, 0.25) is 0 Å². The van der Waals surface area contributed by atoms with E-state index in [0.717, 1.165) is 38.1 Å². The lowest BCUT2D eigenvalue weighted by Gasteiger charge is -2.25. The summed E-state index contributed by atoms with van der Waals surface area (Å²) in [4.78, 5) is 4.68. The van der Waals surface area contributed by atoms with Crippen molar-refractivity contribution in [2.75, 3.05) is 0 Å². The van der Waals surface area contributed by atoms with E-state index in [0.29, 0.717) is 6.04 Å². The summed E-state index contributed by atoms with van der Waals surface area (Å²) in [5.41, 5.74) is 1.20. The van der Waals surface area contributed by atoms with E-state index in [1.807, 2.05) is 11.3 Å². The first-order valence-electron chi connectivity index (χ1n) is 6.67. The van der Waals surface area contributed by atoms with Crippen LogP contribution < -0.4 is 5.32 Å². The highest BCUT2D eigenvalue weighted by molar-refractivity contribution is 7.09. The predicted molar refractivity (Wildman–Crippen MR) is 69.2 cm³/mol. The smallest absolute Gasteiger partial charge is 0.0959 e. The molecule has 3 nitrogen and oxygen atoms in total. The van der Waals surface area contributed by atoms with Crippen molar-refractivity contribution >= 4 is 11.3 Å². The molecule has 94 valence electrons. The summed E-state index contributed by atoms with van der Waals surface area (Å²) in [6.07, 6.45) is 6.70. The summed E-state index contributed by atoms with van der Waals surface area (Å²) in [6, 6.07) is 0.574. The number of nitrogens with zero attached hydrogens (tertiary/aromatic N) is 1. The van der Waals surface area contributed by atoms with E-state index in [1.54, 1.807) is 0 Å². The quantitative estimate of drug-likeness (QED) is 0.865. The molecule has 0 saturated heterocycles. The average Bonchev–Trinajstić information content (AvgIpc) is 3.09. The van der Waals surface area contributed by atoms with Crippen LogP contribution in [0.1, 0.15) is 55.1 Å². The van der Waals surface area contributed by atoms with E-state index < -0.39 is 0 Å². The van der Waals surface area contributed by atoms with Gasteiger partial charge in [-0.05, 0) is 38.5 Å². The summed E-state index contributed by atoms with van der Waals surface area (Å²) >= 11 is 1.82. The summed E-state index contributed by atoms with van der Waals surface area (Å²) in [6.45, 7) is 0.893. The molecule has 2 aliphatic rings. The first kappa shape index (κ1) is 11.6. The second kappa shape index (κ2) is 5.04. The number of rotatable bonds is 4. The number of aromatic nitrogens is 1. The highest BCUT2D eigenvalue weighted by Crippen LogP contribution is 2.41. The highest BCUT2D eigenvalue weighted by Gasteiger charge is 2.26. The molecule has 4 heteroatoms. The Morgan fingerprint density at radius 1 is 1.24 bits per heavy atom. The minimum Gasteiger partial charge on any atom is -0.393 e. The van der Waals surface area contributed by atoms with E-state index in [4.69, 9.17) is 0 Å². The molecule has 1 aromatic heterocycles. The Morgan fingerprint density at radius 2 is 2.00 bits per heavy atom. The third-order valence-electron chi connectivity index (χ3n) is 3.76. The molecule has 3 rings (SSSR count). The Kier molecular flexibility index (Phi) is 3.45. The van der Waals surface area contributed by atoms with Gasteiger partial charge in [0.25, 0.3) is 0 Å². The van der Waals surface area contributed by atoms with Crippen LogP contribution in [-0.2, 0) is 6.54 Å². The van der Waals surface area contributed by atoms with Crippen LogP contribution in [0, 0.1) is 0 Å². The second-order valence-electron chi connectivity index (χ2n) is 5.34. The highest BCUT2D eigenvalue weighted by atomic mass is 32.1. The Morgan fingerprint density at radius 3 is 2.71 bits per heavy atom. The summed E-state index contributed by atoms with van der Waals surface area (Å²) < 4.78 is 0. The fourth-order valence-electron chi connectivity index (χ4n) is 2.45. The number of hydrogen-bond acceptors (Lipinski definition) is 4. The van der Waals surface area contributed by atoms with Crippen LogP contribution in [0.25, 0.3) is 0 Å². The van der Waals surface area contributed by atoms with Crippen LogP contribution in [-0.4, -0.2) is 22.2 Å². The Labute approximate surface area is 106 Å². The topological polar surface area (TPSA) is 45.1 Å². The molecule has 0 atom stereocenters. The number of thiazole rings is 1. The van der Waals surface area contributed by atoms with Gasteiger partial charge < -0.3 is 10.4 Å². The van der Waals surface area contributed by atoms with Crippen LogP contribution in [0.5, 0.6) is 0 Å². The molecule has 2 aliphatic carbocycles. The van der Waals surface area contributed by atoms with Crippen molar-refractivity contribution in [1.29, 1.82) is 0 Å². The molecule has 0 aromatic carbocycles. The molecular weight excluding hydrogens is 232 g/mol. The molecule has 2 N–H and O–H groups in total. The third-order valence-corrected chi connectivity index (χ3v) is 4.82. The zero-order chi connectivity index (χ0) is 11.7. The first-order chi connectivity index (χ1) is 8.31. The van der Waals surface area contributed by atoms with Crippen molar-refractivity contribution in [1.82, 2.24) is 10.3 Å². The Balaban J connectivity index is 1.46. The third kappa shape index (κ3) is 3.06. The molecule has 2 fully saturated rings. The fraction of sp³-hybridized carbons (Fsp3) is 0.769. The van der Waals surface area contributed by atoms with E-state index in [2.05, 4.69) is 15.7 Å². The van der Waals surface area contributed by atoms with Gasteiger partial charge in [0, 0.05) is 23.9 Å². The SMILES string of the molecule is OC1CCC(NCc2csc(C3CC3)n2)CC1. The number of aliphatic hydroxyl groups excluding tert-OH is 1. The maximum Gasteiger partial charge on any atom is 0.0959 e. The van der Waals surface area contributed by atoms with Gasteiger partial charge in [0.05, 0.1) is 16.8 Å². The van der Waals surface area contributed by atoms with Crippen molar-refractivity contribution in [3.05, 3.63) is 16.1 Å². The molecule has 0 spiro atoms. The molecule has 0 unspecified atom stereocenters. The van der Waals surface area contributed by atoms with Crippen LogP contribution in [0.4, 0.5) is 0 Å². The molecule has 0 aliphatic heterocycles. The zero-order valence-corrected chi connectivity index (χ0v) is 10.9. The lowest BCUT2D eigenvalue weighted by molar-refractivity contribution is 0.116. The summed E-state index contributed by atoms with van der Waals surface area (Å²) in [5.74, 6) is 0.776. The van der Waals surface area contributed by atoms with E-state index in [1.165, 1.54) is 23.5 Å². The van der Waals surface area contributed by atoms with Crippen molar-refractivity contribution in [2.24, 2.45) is 0 Å². The van der Waals surface area contributed by atoms with E-state index in [-0.39, 0.29) is 6.10 Å². The molecule has 2 saturated carbocycles. The Bertz CT molecular complexity index is 367. The van der Waals surface area contributed by atoms with Gasteiger partial charge in [-0.1, -0.05) is 0 Å². The lowest BCUT2D eigenvalue weighted by atomic mass is 9.93. The van der Waals surface area contributed by atoms with Crippen molar-refractivity contribution < 1.29 is 5.11 Å². The van der Waals surface area contributed by atoms with Crippen LogP contribution in [0.2, 0.25) is 0 Å². The second-order valence-corrected chi connectivity index (χ2v) is 6.23. The van der Waals surface area contributed by atoms with Gasteiger partial charge in [-0.15, -0.1) is 11.3 Å². The molecule has 0 radical (unpaired) electrons. The standard InChI is InChI=1S/C13H20N2OS/c16-12-5-3-10(4-6-12)14-7-11-8-17-13(15-11)9-1-2-9/h8-10,12,14,16H,1-7H2. The van der Waals surface area contributed by atoms with Crippen molar-refractivity contribution in [3.8, 4) is 0 Å². The van der Waals surface area contributed by atoms with Crippen molar-refractivity contribution in [3.63, 3.8) is 0 Å². The minimum atomic E-state index is -0.0613. The normalized spacial score (nSPS) is 29.5. The minimum absolute atomic E-state index is 0.0613. The monoisotopic (exact) mass is 252 g/mol. The summed E-state index contributed by atoms with van der Waals surface area (Å²) in [7, 11) is 0. The molecule has 1 aromatic rings. The molecule has 1 heterocycles. The molecule has 17 heavy (non-hydrogen) atoms. The maximum atomic E-state index is 9.45. The van der Waals surface area contributed by atoms with Gasteiger partial charge in [0.15, 0.2) is 0 Å². The van der Waals surface area contributed by atoms with Crippen LogP contribution in [0.15, 0.2) is 5.38 Å². The fourth-order valence-corrected chi connectivity index (χ4v) is 3.44. The molecular formula is C13H20N2OS. The van der Waals surface area contributed by atoms with Gasteiger partial charge in [-0.2, -0.15) is 0 Å². The van der Waals surface area contributed by atoms with E-state index in [9.17, 15) is 5.11 Å². The molecule has 0 amide bonds. The number of aliphatic hydroxyl groups is 1. The zero-order valence-electron chi connectivity index (χ0n) is 10.1. The van der Waals surface area contributed by atoms with Gasteiger partial charge in [-0.3, -0.25) is 0 Å². The number of hydrogen-bond donors (Lipinski definition) is 2. The number of nitrogens with one attached hydrogen (secondary N) is 1. The lowest BCUT2D eigenvalue weighted by Crippen LogP contribution is -2.34. The van der Waals surface area contributed by atoms with Crippen LogP contribution >= 0.6 is 11.3 Å². The van der Waals surface area contributed by atoms with E-state index >= 15 is 0 Å². The van der Waals surface area contributed by atoms with Crippen LogP contribution in [0.3, 0.4) is 0 Å². The average molecular weight is 252 g/mol. The first-order valence-corrected chi connectivity index (χ1v) is 7.55. The van der Waals surface area contributed by atoms with Crippen molar-refractivity contribution in [2.45, 2.75) is 63.1 Å². The predicted octanol–water partition coefficient (Wildman–Crippen LogP) is 2.41. The largest absolute Gasteiger partial charge is 0.393 e. The maximum absolute atomic E-state index is 9.45. The molecule has 0 bridgehead atoms.